The topological polar surface area (TPSA) is 81.1 Å². The number of carbonyl (C=O) groups excluding carboxylic acids is 1. The third-order valence-electron chi connectivity index (χ3n) is 2.86. The van der Waals surface area contributed by atoms with Crippen LogP contribution in [0.2, 0.25) is 0 Å². The van der Waals surface area contributed by atoms with Crippen molar-refractivity contribution in [1.82, 2.24) is 5.32 Å². The molecule has 0 bridgehead atoms. The average Bonchev–Trinajstić information content (AvgIpc) is 2.46. The summed E-state index contributed by atoms with van der Waals surface area (Å²) in [5, 5.41) is 3.29. The number of rotatable bonds is 4. The van der Waals surface area contributed by atoms with E-state index in [0.29, 0.717) is 6.04 Å². The van der Waals surface area contributed by atoms with E-state index in [0.717, 1.165) is 19.3 Å². The molecule has 0 aromatic rings. The number of nitrogens with one attached hydrogen (secondary N) is 1. The van der Waals surface area contributed by atoms with E-state index in [1.54, 1.807) is 0 Å². The smallest absolute Gasteiger partial charge is 0.234 e. The fraction of sp³-hybridized carbons (Fsp3) is 0.900. The quantitative estimate of drug-likeness (QED) is 0.594. The molecule has 0 aromatic carbocycles. The van der Waals surface area contributed by atoms with E-state index in [4.69, 9.17) is 11.5 Å². The summed E-state index contributed by atoms with van der Waals surface area (Å²) in [5.41, 5.74) is 11.1. The van der Waals surface area contributed by atoms with Gasteiger partial charge in [-0.15, -0.1) is 0 Å². The summed E-state index contributed by atoms with van der Waals surface area (Å²) >= 11 is 0. The number of nitrogens with two attached hydrogens (primary N) is 2. The molecule has 1 aliphatic rings. The van der Waals surface area contributed by atoms with Crippen LogP contribution in [-0.2, 0) is 4.79 Å². The summed E-state index contributed by atoms with van der Waals surface area (Å²) in [5.74, 6) is -0.0233. The Morgan fingerprint density at radius 3 is 2.43 bits per heavy atom. The van der Waals surface area contributed by atoms with Crippen molar-refractivity contribution in [2.75, 3.05) is 0 Å². The minimum absolute atomic E-state index is 0.217. The van der Waals surface area contributed by atoms with E-state index >= 15 is 0 Å². The van der Waals surface area contributed by atoms with Gasteiger partial charge in [0, 0.05) is 12.1 Å². The molecule has 1 aliphatic carbocycles. The van der Waals surface area contributed by atoms with Gasteiger partial charge in [0.2, 0.25) is 5.91 Å². The Balaban J connectivity index is 2.44. The van der Waals surface area contributed by atoms with Gasteiger partial charge in [-0.3, -0.25) is 4.79 Å². The lowest BCUT2D eigenvalue weighted by molar-refractivity contribution is -0.121. The Morgan fingerprint density at radius 2 is 2.07 bits per heavy atom. The van der Waals surface area contributed by atoms with Gasteiger partial charge in [-0.2, -0.15) is 0 Å². The average molecular weight is 199 g/mol. The van der Waals surface area contributed by atoms with Gasteiger partial charge >= 0.3 is 0 Å². The zero-order valence-corrected chi connectivity index (χ0v) is 8.99. The second kappa shape index (κ2) is 4.75. The first kappa shape index (κ1) is 11.5. The minimum Gasteiger partial charge on any atom is -0.368 e. The van der Waals surface area contributed by atoms with Crippen LogP contribution in [0, 0.1) is 5.92 Å². The lowest BCUT2D eigenvalue weighted by Gasteiger charge is -2.23. The Morgan fingerprint density at radius 1 is 1.43 bits per heavy atom. The van der Waals surface area contributed by atoms with Crippen LogP contribution in [0.3, 0.4) is 0 Å². The molecule has 0 heterocycles. The Kier molecular flexibility index (Phi) is 3.89. The van der Waals surface area contributed by atoms with Crippen LogP contribution < -0.4 is 16.8 Å². The normalized spacial score (nSPS) is 29.4. The van der Waals surface area contributed by atoms with Crippen LogP contribution in [0.25, 0.3) is 0 Å². The SMILES string of the molecule is CC(C)C(NC1CCC(N)C1)C(N)=O. The molecule has 1 fully saturated rings. The summed E-state index contributed by atoms with van der Waals surface area (Å²) in [6.07, 6.45) is 3.05. The summed E-state index contributed by atoms with van der Waals surface area (Å²) in [6.45, 7) is 3.99. The van der Waals surface area contributed by atoms with E-state index in [2.05, 4.69) is 5.32 Å². The van der Waals surface area contributed by atoms with Crippen LogP contribution in [-0.4, -0.2) is 24.0 Å². The number of amides is 1. The Bertz CT molecular complexity index is 206. The second-order valence-corrected chi connectivity index (χ2v) is 4.56. The first-order chi connectivity index (χ1) is 6.50. The molecule has 5 N–H and O–H groups in total. The van der Waals surface area contributed by atoms with Crippen molar-refractivity contribution in [2.24, 2.45) is 17.4 Å². The molecule has 3 unspecified atom stereocenters. The molecule has 82 valence electrons. The summed E-state index contributed by atoms with van der Waals surface area (Å²) < 4.78 is 0. The maximum atomic E-state index is 11.1. The molecular formula is C10H21N3O. The molecule has 0 saturated heterocycles. The van der Waals surface area contributed by atoms with Gasteiger partial charge in [-0.05, 0) is 25.2 Å². The zero-order valence-electron chi connectivity index (χ0n) is 8.99. The fourth-order valence-electron chi connectivity index (χ4n) is 2.02. The Hall–Kier alpha value is -0.610. The van der Waals surface area contributed by atoms with Crippen LogP contribution in [0.15, 0.2) is 0 Å². The lowest BCUT2D eigenvalue weighted by atomic mass is 10.0. The predicted octanol–water partition coefficient (Wildman–Crippen LogP) is -0.0343. The zero-order chi connectivity index (χ0) is 10.7. The highest BCUT2D eigenvalue weighted by atomic mass is 16.1. The van der Waals surface area contributed by atoms with Crippen LogP contribution >= 0.6 is 0 Å². The van der Waals surface area contributed by atoms with E-state index < -0.39 is 0 Å². The molecule has 1 saturated carbocycles. The highest BCUT2D eigenvalue weighted by molar-refractivity contribution is 5.80. The molecule has 1 rings (SSSR count). The predicted molar refractivity (Wildman–Crippen MR) is 56.6 cm³/mol. The van der Waals surface area contributed by atoms with Gasteiger partial charge in [0.25, 0.3) is 0 Å². The molecule has 3 atom stereocenters. The first-order valence-corrected chi connectivity index (χ1v) is 5.31. The van der Waals surface area contributed by atoms with Gasteiger partial charge in [-0.1, -0.05) is 13.8 Å². The van der Waals surface area contributed by atoms with Gasteiger partial charge in [0.1, 0.15) is 0 Å². The number of carbonyl (C=O) groups is 1. The Labute approximate surface area is 85.4 Å². The van der Waals surface area contributed by atoms with E-state index in [9.17, 15) is 4.79 Å². The number of hydrogen-bond acceptors (Lipinski definition) is 3. The molecule has 14 heavy (non-hydrogen) atoms. The standard InChI is InChI=1S/C10H21N3O/c1-6(2)9(10(12)14)13-8-4-3-7(11)5-8/h6-9,13H,3-5,11H2,1-2H3,(H2,12,14). The van der Waals surface area contributed by atoms with E-state index in [1.165, 1.54) is 0 Å². The first-order valence-electron chi connectivity index (χ1n) is 5.31. The summed E-state index contributed by atoms with van der Waals surface area (Å²) in [6, 6.07) is 0.434. The van der Waals surface area contributed by atoms with Gasteiger partial charge in [0.05, 0.1) is 6.04 Å². The number of primary amides is 1. The molecule has 4 heteroatoms. The van der Waals surface area contributed by atoms with Crippen molar-refractivity contribution in [2.45, 2.75) is 51.2 Å². The van der Waals surface area contributed by atoms with Gasteiger partial charge in [0.15, 0.2) is 0 Å². The maximum absolute atomic E-state index is 11.1. The largest absolute Gasteiger partial charge is 0.368 e. The molecule has 0 spiro atoms. The lowest BCUT2D eigenvalue weighted by Crippen LogP contribution is -2.49. The van der Waals surface area contributed by atoms with Crippen LogP contribution in [0.4, 0.5) is 0 Å². The minimum atomic E-state index is -0.263. The maximum Gasteiger partial charge on any atom is 0.234 e. The van der Waals surface area contributed by atoms with Crippen molar-refractivity contribution in [3.63, 3.8) is 0 Å². The van der Waals surface area contributed by atoms with Crippen molar-refractivity contribution in [3.05, 3.63) is 0 Å². The molecule has 4 nitrogen and oxygen atoms in total. The molecule has 0 aliphatic heterocycles. The second-order valence-electron chi connectivity index (χ2n) is 4.56. The highest BCUT2D eigenvalue weighted by Gasteiger charge is 2.27. The van der Waals surface area contributed by atoms with Gasteiger partial charge < -0.3 is 16.8 Å². The molecule has 1 amide bonds. The van der Waals surface area contributed by atoms with Crippen LogP contribution in [0.1, 0.15) is 33.1 Å². The van der Waals surface area contributed by atoms with Crippen molar-refractivity contribution in [1.29, 1.82) is 0 Å². The van der Waals surface area contributed by atoms with E-state index in [-0.39, 0.29) is 23.9 Å². The van der Waals surface area contributed by atoms with Crippen molar-refractivity contribution in [3.8, 4) is 0 Å². The fourth-order valence-corrected chi connectivity index (χ4v) is 2.02. The third kappa shape index (κ3) is 2.96. The van der Waals surface area contributed by atoms with Crippen molar-refractivity contribution >= 4 is 5.91 Å². The van der Waals surface area contributed by atoms with Gasteiger partial charge in [-0.25, -0.2) is 0 Å². The number of hydrogen-bond donors (Lipinski definition) is 3. The summed E-state index contributed by atoms with van der Waals surface area (Å²) in [4.78, 5) is 11.1. The molecule has 0 aromatic heterocycles. The van der Waals surface area contributed by atoms with E-state index in [1.807, 2.05) is 13.8 Å². The summed E-state index contributed by atoms with van der Waals surface area (Å²) in [7, 11) is 0. The van der Waals surface area contributed by atoms with Crippen molar-refractivity contribution < 1.29 is 4.79 Å². The van der Waals surface area contributed by atoms with Crippen LogP contribution in [0.5, 0.6) is 0 Å². The molecular weight excluding hydrogens is 178 g/mol. The highest BCUT2D eigenvalue weighted by Crippen LogP contribution is 2.18. The molecule has 0 radical (unpaired) electrons. The third-order valence-corrected chi connectivity index (χ3v) is 2.86. The monoisotopic (exact) mass is 199 g/mol.